The summed E-state index contributed by atoms with van der Waals surface area (Å²) in [6, 6.07) is 1.78. The van der Waals surface area contributed by atoms with Gasteiger partial charge in [0.1, 0.15) is 0 Å². The summed E-state index contributed by atoms with van der Waals surface area (Å²) < 4.78 is 5.13. The van der Waals surface area contributed by atoms with Crippen LogP contribution in [-0.4, -0.2) is 54.7 Å². The minimum absolute atomic E-state index is 0.629. The van der Waals surface area contributed by atoms with Gasteiger partial charge in [0.15, 0.2) is 0 Å². The molecule has 1 aliphatic heterocycles. The van der Waals surface area contributed by atoms with Gasteiger partial charge in [-0.25, -0.2) is 4.98 Å². The molecule has 1 aromatic heterocycles. The van der Waals surface area contributed by atoms with Gasteiger partial charge in [-0.15, -0.1) is 0 Å². The van der Waals surface area contributed by atoms with Gasteiger partial charge in [-0.2, -0.15) is 4.98 Å². The van der Waals surface area contributed by atoms with Gasteiger partial charge in [0.2, 0.25) is 11.8 Å². The summed E-state index contributed by atoms with van der Waals surface area (Å²) in [6.07, 6.45) is 1.75. The van der Waals surface area contributed by atoms with E-state index in [9.17, 15) is 0 Å². The summed E-state index contributed by atoms with van der Waals surface area (Å²) in [4.78, 5) is 13.4. The average molecular weight is 250 g/mol. The fraction of sp³-hybridized carbons (Fsp3) is 0.692. The second kappa shape index (κ2) is 6.00. The minimum atomic E-state index is 0.629. The molecule has 0 spiro atoms. The lowest BCUT2D eigenvalue weighted by Crippen LogP contribution is -2.48. The number of nitrogens with zero attached hydrogens (tertiary/aromatic N) is 4. The SMILES string of the molecule is COc1ccnc(N2CCN(CC(C)C)CC2)n1. The quantitative estimate of drug-likeness (QED) is 0.805. The predicted molar refractivity (Wildman–Crippen MR) is 72.1 cm³/mol. The predicted octanol–water partition coefficient (Wildman–Crippen LogP) is 1.26. The molecule has 18 heavy (non-hydrogen) atoms. The Hall–Kier alpha value is -1.36. The van der Waals surface area contributed by atoms with Crippen molar-refractivity contribution < 1.29 is 4.74 Å². The molecule has 100 valence electrons. The third-order valence-electron chi connectivity index (χ3n) is 3.10. The van der Waals surface area contributed by atoms with Gasteiger partial charge in [0, 0.05) is 45.0 Å². The molecule has 0 bridgehead atoms. The van der Waals surface area contributed by atoms with Crippen LogP contribution in [0.3, 0.4) is 0 Å². The van der Waals surface area contributed by atoms with E-state index < -0.39 is 0 Å². The van der Waals surface area contributed by atoms with Crippen molar-refractivity contribution in [2.45, 2.75) is 13.8 Å². The molecule has 5 heteroatoms. The molecular formula is C13H22N4O. The van der Waals surface area contributed by atoms with E-state index in [0.29, 0.717) is 5.88 Å². The number of piperazine rings is 1. The lowest BCUT2D eigenvalue weighted by Gasteiger charge is -2.35. The van der Waals surface area contributed by atoms with Gasteiger partial charge in [0.05, 0.1) is 7.11 Å². The molecule has 1 aliphatic rings. The van der Waals surface area contributed by atoms with E-state index in [-0.39, 0.29) is 0 Å². The third kappa shape index (κ3) is 3.32. The van der Waals surface area contributed by atoms with Crippen molar-refractivity contribution in [2.24, 2.45) is 5.92 Å². The lowest BCUT2D eigenvalue weighted by atomic mass is 10.2. The highest BCUT2D eigenvalue weighted by molar-refractivity contribution is 5.32. The first-order chi connectivity index (χ1) is 8.69. The van der Waals surface area contributed by atoms with Crippen LogP contribution < -0.4 is 9.64 Å². The highest BCUT2D eigenvalue weighted by Crippen LogP contribution is 2.14. The number of rotatable bonds is 4. The van der Waals surface area contributed by atoms with E-state index in [0.717, 1.165) is 38.0 Å². The second-order valence-corrected chi connectivity index (χ2v) is 5.08. The van der Waals surface area contributed by atoms with Crippen molar-refractivity contribution in [3.8, 4) is 5.88 Å². The molecule has 0 atom stereocenters. The zero-order chi connectivity index (χ0) is 13.0. The molecule has 0 aliphatic carbocycles. The fourth-order valence-electron chi connectivity index (χ4n) is 2.25. The molecular weight excluding hydrogens is 228 g/mol. The van der Waals surface area contributed by atoms with Gasteiger partial charge < -0.3 is 9.64 Å². The van der Waals surface area contributed by atoms with E-state index in [2.05, 4.69) is 33.6 Å². The third-order valence-corrected chi connectivity index (χ3v) is 3.10. The molecule has 1 fully saturated rings. The molecule has 1 aromatic rings. The van der Waals surface area contributed by atoms with Gasteiger partial charge in [-0.3, -0.25) is 4.90 Å². The van der Waals surface area contributed by atoms with Crippen LogP contribution in [0.2, 0.25) is 0 Å². The van der Waals surface area contributed by atoms with E-state index in [1.165, 1.54) is 6.54 Å². The Kier molecular flexibility index (Phi) is 4.36. The highest BCUT2D eigenvalue weighted by atomic mass is 16.5. The van der Waals surface area contributed by atoms with Crippen LogP contribution in [0.5, 0.6) is 5.88 Å². The largest absolute Gasteiger partial charge is 0.481 e. The molecule has 0 saturated carbocycles. The van der Waals surface area contributed by atoms with Crippen molar-refractivity contribution >= 4 is 5.95 Å². The smallest absolute Gasteiger partial charge is 0.228 e. The second-order valence-electron chi connectivity index (χ2n) is 5.08. The first-order valence-electron chi connectivity index (χ1n) is 6.53. The van der Waals surface area contributed by atoms with Crippen molar-refractivity contribution in [1.82, 2.24) is 14.9 Å². The summed E-state index contributed by atoms with van der Waals surface area (Å²) in [5.74, 6) is 2.13. The van der Waals surface area contributed by atoms with Gasteiger partial charge in [-0.1, -0.05) is 13.8 Å². The van der Waals surface area contributed by atoms with Crippen molar-refractivity contribution in [1.29, 1.82) is 0 Å². The van der Waals surface area contributed by atoms with E-state index in [1.54, 1.807) is 19.4 Å². The Morgan fingerprint density at radius 1 is 1.28 bits per heavy atom. The average Bonchev–Trinajstić information content (AvgIpc) is 2.39. The molecule has 2 rings (SSSR count). The Labute approximate surface area is 109 Å². The molecule has 0 N–H and O–H groups in total. The first kappa shape index (κ1) is 13.1. The highest BCUT2D eigenvalue weighted by Gasteiger charge is 2.19. The van der Waals surface area contributed by atoms with Gasteiger partial charge >= 0.3 is 0 Å². The van der Waals surface area contributed by atoms with Crippen LogP contribution in [0, 0.1) is 5.92 Å². The summed E-state index contributed by atoms with van der Waals surface area (Å²) >= 11 is 0. The van der Waals surface area contributed by atoms with E-state index in [4.69, 9.17) is 4.74 Å². The van der Waals surface area contributed by atoms with Crippen LogP contribution >= 0.6 is 0 Å². The fourth-order valence-corrected chi connectivity index (χ4v) is 2.25. The van der Waals surface area contributed by atoms with Crippen LogP contribution in [0.1, 0.15) is 13.8 Å². The standard InChI is InChI=1S/C13H22N4O/c1-11(2)10-16-6-8-17(9-7-16)13-14-5-4-12(15-13)18-3/h4-5,11H,6-10H2,1-3H3. The molecule has 5 nitrogen and oxygen atoms in total. The van der Waals surface area contributed by atoms with Crippen molar-refractivity contribution in [3.05, 3.63) is 12.3 Å². The topological polar surface area (TPSA) is 41.5 Å². The maximum absolute atomic E-state index is 5.13. The summed E-state index contributed by atoms with van der Waals surface area (Å²) in [6.45, 7) is 9.83. The minimum Gasteiger partial charge on any atom is -0.481 e. The molecule has 0 radical (unpaired) electrons. The summed E-state index contributed by atoms with van der Waals surface area (Å²) in [7, 11) is 1.63. The van der Waals surface area contributed by atoms with Crippen LogP contribution in [0.4, 0.5) is 5.95 Å². The zero-order valence-corrected chi connectivity index (χ0v) is 11.5. The first-order valence-corrected chi connectivity index (χ1v) is 6.53. The summed E-state index contributed by atoms with van der Waals surface area (Å²) in [5, 5.41) is 0. The van der Waals surface area contributed by atoms with Crippen molar-refractivity contribution in [3.63, 3.8) is 0 Å². The molecule has 0 aromatic carbocycles. The lowest BCUT2D eigenvalue weighted by molar-refractivity contribution is 0.230. The zero-order valence-electron chi connectivity index (χ0n) is 11.5. The maximum Gasteiger partial charge on any atom is 0.228 e. The number of hydrogen-bond acceptors (Lipinski definition) is 5. The Morgan fingerprint density at radius 3 is 2.61 bits per heavy atom. The van der Waals surface area contributed by atoms with Gasteiger partial charge in [0.25, 0.3) is 0 Å². The molecule has 1 saturated heterocycles. The number of hydrogen-bond donors (Lipinski definition) is 0. The number of anilines is 1. The van der Waals surface area contributed by atoms with E-state index >= 15 is 0 Å². The maximum atomic E-state index is 5.13. The monoisotopic (exact) mass is 250 g/mol. The van der Waals surface area contributed by atoms with Crippen LogP contribution in [0.25, 0.3) is 0 Å². The Balaban J connectivity index is 1.92. The number of ether oxygens (including phenoxy) is 1. The van der Waals surface area contributed by atoms with E-state index in [1.807, 2.05) is 0 Å². The summed E-state index contributed by atoms with van der Waals surface area (Å²) in [5.41, 5.74) is 0. The Morgan fingerprint density at radius 2 is 2.00 bits per heavy atom. The Bertz CT molecular complexity index is 375. The number of methoxy groups -OCH3 is 1. The normalized spacial score (nSPS) is 17.2. The molecule has 0 unspecified atom stereocenters. The van der Waals surface area contributed by atoms with Crippen LogP contribution in [-0.2, 0) is 0 Å². The van der Waals surface area contributed by atoms with Crippen LogP contribution in [0.15, 0.2) is 12.3 Å². The molecule has 0 amide bonds. The molecule has 2 heterocycles. The van der Waals surface area contributed by atoms with Gasteiger partial charge in [-0.05, 0) is 5.92 Å². The number of aromatic nitrogens is 2. The van der Waals surface area contributed by atoms with Crippen molar-refractivity contribution in [2.75, 3.05) is 44.7 Å².